The van der Waals surface area contributed by atoms with Crippen molar-refractivity contribution in [2.75, 3.05) is 9.80 Å². The van der Waals surface area contributed by atoms with Crippen LogP contribution < -0.4 is 9.80 Å². The normalized spacial score (nSPS) is 20.5. The first-order valence-electron chi connectivity index (χ1n) is 18.5. The maximum Gasteiger partial charge on any atom is 0.0605 e. The van der Waals surface area contributed by atoms with E-state index in [0.29, 0.717) is 11.8 Å². The van der Waals surface area contributed by atoms with Crippen molar-refractivity contribution in [3.05, 3.63) is 217 Å². The minimum atomic E-state index is 0.146. The predicted molar refractivity (Wildman–Crippen MR) is 219 cm³/mol. The van der Waals surface area contributed by atoms with Crippen molar-refractivity contribution in [1.82, 2.24) is 0 Å². The zero-order valence-electron chi connectivity index (χ0n) is 29.7. The van der Waals surface area contributed by atoms with Gasteiger partial charge >= 0.3 is 0 Å². The number of benzene rings is 6. The first kappa shape index (κ1) is 31.8. The average molecular weight is 671 g/mol. The van der Waals surface area contributed by atoms with Crippen LogP contribution in [0, 0.1) is 17.8 Å². The molecule has 4 atom stereocenters. The van der Waals surface area contributed by atoms with Crippen LogP contribution in [0.1, 0.15) is 19.4 Å². The second-order valence-corrected chi connectivity index (χ2v) is 14.2. The van der Waals surface area contributed by atoms with E-state index in [2.05, 4.69) is 218 Å². The number of para-hydroxylation sites is 3. The molecular weight excluding hydrogens is 629 g/mol. The molecule has 1 aliphatic heterocycles. The molecule has 6 aromatic rings. The van der Waals surface area contributed by atoms with Crippen molar-refractivity contribution in [3.63, 3.8) is 0 Å². The molecule has 0 radical (unpaired) electrons. The molecule has 0 bridgehead atoms. The molecule has 1 saturated heterocycles. The van der Waals surface area contributed by atoms with Crippen LogP contribution in [0.4, 0.5) is 17.1 Å². The van der Waals surface area contributed by atoms with Gasteiger partial charge in [0, 0.05) is 34.4 Å². The third-order valence-electron chi connectivity index (χ3n) is 11.1. The van der Waals surface area contributed by atoms with Gasteiger partial charge in [-0.3, -0.25) is 0 Å². The maximum absolute atomic E-state index is 2.57. The van der Waals surface area contributed by atoms with E-state index >= 15 is 0 Å². The second kappa shape index (κ2) is 13.5. The maximum atomic E-state index is 2.57. The molecule has 0 aromatic heterocycles. The molecule has 3 aliphatic rings. The highest BCUT2D eigenvalue weighted by atomic mass is 15.2. The molecule has 252 valence electrons. The minimum absolute atomic E-state index is 0.146. The van der Waals surface area contributed by atoms with Gasteiger partial charge in [0.2, 0.25) is 0 Å². The summed E-state index contributed by atoms with van der Waals surface area (Å²) < 4.78 is 0. The van der Waals surface area contributed by atoms with Gasteiger partial charge in [0.1, 0.15) is 0 Å². The second-order valence-electron chi connectivity index (χ2n) is 14.2. The van der Waals surface area contributed by atoms with E-state index in [9.17, 15) is 0 Å². The molecule has 0 N–H and O–H groups in total. The van der Waals surface area contributed by atoms with Crippen molar-refractivity contribution in [1.29, 1.82) is 0 Å². The van der Waals surface area contributed by atoms with E-state index in [1.165, 1.54) is 67.4 Å². The Kier molecular flexibility index (Phi) is 8.29. The Morgan fingerprint density at radius 2 is 0.904 bits per heavy atom. The summed E-state index contributed by atoms with van der Waals surface area (Å²) in [5.74, 6) is 0.870. The largest absolute Gasteiger partial charge is 0.334 e. The molecule has 6 aromatic carbocycles. The number of hydrogen-bond donors (Lipinski definition) is 0. The molecule has 9 rings (SSSR count). The summed E-state index contributed by atoms with van der Waals surface area (Å²) in [6.07, 6.45) is 9.86. The molecule has 4 unspecified atom stereocenters. The number of rotatable bonds is 7. The van der Waals surface area contributed by atoms with Gasteiger partial charge in [0.25, 0.3) is 0 Å². The topological polar surface area (TPSA) is 6.48 Å². The van der Waals surface area contributed by atoms with Crippen molar-refractivity contribution in [2.45, 2.75) is 19.9 Å². The van der Waals surface area contributed by atoms with Gasteiger partial charge in [-0.1, -0.05) is 159 Å². The Morgan fingerprint density at radius 3 is 1.44 bits per heavy atom. The Labute approximate surface area is 308 Å². The van der Waals surface area contributed by atoms with Crippen molar-refractivity contribution in [2.24, 2.45) is 17.8 Å². The Hall–Kier alpha value is -6.12. The van der Waals surface area contributed by atoms with E-state index in [4.69, 9.17) is 0 Å². The fourth-order valence-electron chi connectivity index (χ4n) is 8.54. The van der Waals surface area contributed by atoms with Crippen LogP contribution in [0.2, 0.25) is 0 Å². The third kappa shape index (κ3) is 5.71. The monoisotopic (exact) mass is 670 g/mol. The van der Waals surface area contributed by atoms with Crippen LogP contribution in [-0.4, -0.2) is 6.04 Å². The van der Waals surface area contributed by atoms with Crippen LogP contribution in [0.25, 0.3) is 27.8 Å². The highest BCUT2D eigenvalue weighted by Gasteiger charge is 2.45. The minimum Gasteiger partial charge on any atom is -0.334 e. The summed E-state index contributed by atoms with van der Waals surface area (Å²) in [4.78, 5) is 5.03. The van der Waals surface area contributed by atoms with Gasteiger partial charge in [-0.05, 0) is 99.3 Å². The highest BCUT2D eigenvalue weighted by molar-refractivity contribution is 5.81. The van der Waals surface area contributed by atoms with E-state index in [0.717, 1.165) is 0 Å². The fourth-order valence-corrected chi connectivity index (χ4v) is 8.54. The number of anilines is 3. The van der Waals surface area contributed by atoms with Crippen LogP contribution in [0.15, 0.2) is 211 Å². The SMILES string of the molecule is CC1C=C2C(=CC1N(c1ccccc1)c1ccccc1)N(c1ccccc1)C1=CC=C(c3ccc(-c4ccc(-c5ccccc5)cc4)cc3)C(C)C21. The van der Waals surface area contributed by atoms with Gasteiger partial charge in [-0.2, -0.15) is 0 Å². The number of allylic oxidation sites excluding steroid dienone is 5. The molecule has 2 heteroatoms. The van der Waals surface area contributed by atoms with E-state index < -0.39 is 0 Å². The van der Waals surface area contributed by atoms with Gasteiger partial charge in [-0.15, -0.1) is 0 Å². The molecule has 2 nitrogen and oxygen atoms in total. The first-order valence-corrected chi connectivity index (χ1v) is 18.5. The van der Waals surface area contributed by atoms with Gasteiger partial charge < -0.3 is 9.80 Å². The highest BCUT2D eigenvalue weighted by Crippen LogP contribution is 2.54. The molecule has 1 fully saturated rings. The Balaban J connectivity index is 1.06. The van der Waals surface area contributed by atoms with Crippen LogP contribution in [-0.2, 0) is 0 Å². The molecule has 0 spiro atoms. The fraction of sp³-hybridized carbons (Fsp3) is 0.120. The molecule has 0 saturated carbocycles. The van der Waals surface area contributed by atoms with Crippen LogP contribution in [0.3, 0.4) is 0 Å². The summed E-state index contributed by atoms with van der Waals surface area (Å²) in [5, 5.41) is 0. The zero-order valence-corrected chi connectivity index (χ0v) is 29.7. The van der Waals surface area contributed by atoms with Crippen molar-refractivity contribution >= 4 is 22.6 Å². The Bertz CT molecular complexity index is 2260. The molecule has 52 heavy (non-hydrogen) atoms. The smallest absolute Gasteiger partial charge is 0.0605 e. The zero-order chi connectivity index (χ0) is 35.0. The Morgan fingerprint density at radius 1 is 0.442 bits per heavy atom. The average Bonchev–Trinajstić information content (AvgIpc) is 3.53. The lowest BCUT2D eigenvalue weighted by Crippen LogP contribution is -2.37. The predicted octanol–water partition coefficient (Wildman–Crippen LogP) is 12.7. The lowest BCUT2D eigenvalue weighted by molar-refractivity contribution is 0.558. The van der Waals surface area contributed by atoms with Crippen molar-refractivity contribution < 1.29 is 0 Å². The molecule has 1 heterocycles. The standard InChI is InChI=1S/C50H42N2/c1-35-33-46-49(34-48(35)51(42-17-9-4-10-18-42)43-19-11-5-12-20-43)52(44-21-13-6-14-22-44)47-32-31-45(36(2)50(46)47)41-29-27-40(28-30-41)39-25-23-38(24-26-39)37-15-7-3-8-16-37/h3-36,48,50H,1-2H3. The summed E-state index contributed by atoms with van der Waals surface area (Å²) >= 11 is 0. The van der Waals surface area contributed by atoms with Gasteiger partial charge in [0.05, 0.1) is 6.04 Å². The number of hydrogen-bond acceptors (Lipinski definition) is 2. The molecule has 0 amide bonds. The summed E-state index contributed by atoms with van der Waals surface area (Å²) in [6, 6.07) is 61.4. The lowest BCUT2D eigenvalue weighted by atomic mass is 9.74. The van der Waals surface area contributed by atoms with Crippen LogP contribution >= 0.6 is 0 Å². The molecule has 2 aliphatic carbocycles. The van der Waals surface area contributed by atoms with Gasteiger partial charge in [0.15, 0.2) is 0 Å². The quantitative estimate of drug-likeness (QED) is 0.167. The molecular formula is C50H42N2. The third-order valence-corrected chi connectivity index (χ3v) is 11.1. The van der Waals surface area contributed by atoms with Crippen LogP contribution in [0.5, 0.6) is 0 Å². The first-order chi connectivity index (χ1) is 25.6. The summed E-state index contributed by atoms with van der Waals surface area (Å²) in [5.41, 5.74) is 15.3. The lowest BCUT2D eigenvalue weighted by Gasteiger charge is -2.38. The summed E-state index contributed by atoms with van der Waals surface area (Å²) in [6.45, 7) is 4.80. The van der Waals surface area contributed by atoms with E-state index in [1.54, 1.807) is 0 Å². The van der Waals surface area contributed by atoms with E-state index in [-0.39, 0.29) is 12.0 Å². The van der Waals surface area contributed by atoms with E-state index in [1.807, 2.05) is 0 Å². The van der Waals surface area contributed by atoms with Gasteiger partial charge in [-0.25, -0.2) is 0 Å². The number of fused-ring (bicyclic) bond motifs is 3. The number of nitrogens with zero attached hydrogens (tertiary/aromatic N) is 2. The van der Waals surface area contributed by atoms with Crippen molar-refractivity contribution in [3.8, 4) is 22.3 Å². The summed E-state index contributed by atoms with van der Waals surface area (Å²) in [7, 11) is 0.